The minimum absolute atomic E-state index is 0.253. The maximum atomic E-state index is 13.2. The van der Waals surface area contributed by atoms with Crippen LogP contribution >= 0.6 is 28.1 Å². The lowest BCUT2D eigenvalue weighted by Gasteiger charge is -2.30. The van der Waals surface area contributed by atoms with Crippen molar-refractivity contribution in [3.05, 3.63) is 75.7 Å². The third-order valence-electron chi connectivity index (χ3n) is 3.82. The number of amides is 1. The van der Waals surface area contributed by atoms with Crippen molar-refractivity contribution in [2.24, 2.45) is 0 Å². The molecule has 1 aliphatic rings. The molecule has 128 valence electrons. The van der Waals surface area contributed by atoms with Crippen molar-refractivity contribution in [2.45, 2.75) is 13.0 Å². The largest absolute Gasteiger partial charge is 0.351 e. The number of allylic oxidation sites excluding steroid dienone is 1. The van der Waals surface area contributed by atoms with Gasteiger partial charge in [-0.15, -0.1) is 0 Å². The van der Waals surface area contributed by atoms with Crippen LogP contribution in [0.25, 0.3) is 0 Å². The highest BCUT2D eigenvalue weighted by atomic mass is 79.9. The van der Waals surface area contributed by atoms with Gasteiger partial charge in [0.1, 0.15) is 5.82 Å². The standard InChI is InChI=1S/C18H15BrFN3OS/c1-10-15(17(24)22-14-8-4-12(19)5-9-14)16(23-18(25)21-10)11-2-6-13(20)7-3-11/h2-9,16H,1H3,(H,22,24)(H2,21,23,25)/t16-/m0/s1. The predicted molar refractivity (Wildman–Crippen MR) is 103 cm³/mol. The number of halogens is 2. The lowest BCUT2D eigenvalue weighted by atomic mass is 9.95. The Balaban J connectivity index is 1.92. The second-order valence-corrected chi connectivity index (χ2v) is 6.91. The second kappa shape index (κ2) is 7.33. The van der Waals surface area contributed by atoms with E-state index < -0.39 is 6.04 Å². The van der Waals surface area contributed by atoms with Crippen molar-refractivity contribution in [2.75, 3.05) is 5.32 Å². The SMILES string of the molecule is CC1=C(C(=O)Nc2ccc(Br)cc2)[C@H](c2ccc(F)cc2)NC(=S)N1. The Morgan fingerprint density at radius 2 is 1.80 bits per heavy atom. The summed E-state index contributed by atoms with van der Waals surface area (Å²) in [6.07, 6.45) is 0. The van der Waals surface area contributed by atoms with Crippen LogP contribution in [-0.4, -0.2) is 11.0 Å². The summed E-state index contributed by atoms with van der Waals surface area (Å²) in [5.74, 6) is -0.585. The average Bonchev–Trinajstić information content (AvgIpc) is 2.57. The summed E-state index contributed by atoms with van der Waals surface area (Å²) in [5, 5.41) is 9.36. The Morgan fingerprint density at radius 1 is 1.16 bits per heavy atom. The van der Waals surface area contributed by atoms with Crippen molar-refractivity contribution in [3.8, 4) is 0 Å². The first kappa shape index (κ1) is 17.6. The third-order valence-corrected chi connectivity index (χ3v) is 4.57. The lowest BCUT2D eigenvalue weighted by Crippen LogP contribution is -2.45. The van der Waals surface area contributed by atoms with Crippen molar-refractivity contribution < 1.29 is 9.18 Å². The molecule has 4 nitrogen and oxygen atoms in total. The number of hydrogen-bond acceptors (Lipinski definition) is 2. The maximum absolute atomic E-state index is 13.2. The molecule has 7 heteroatoms. The smallest absolute Gasteiger partial charge is 0.255 e. The third kappa shape index (κ3) is 4.05. The van der Waals surface area contributed by atoms with Crippen LogP contribution in [0.3, 0.4) is 0 Å². The van der Waals surface area contributed by atoms with Crippen molar-refractivity contribution in [1.29, 1.82) is 0 Å². The maximum Gasteiger partial charge on any atom is 0.255 e. The van der Waals surface area contributed by atoms with E-state index in [0.29, 0.717) is 22.1 Å². The van der Waals surface area contributed by atoms with Crippen LogP contribution in [0.2, 0.25) is 0 Å². The van der Waals surface area contributed by atoms with E-state index >= 15 is 0 Å². The summed E-state index contributed by atoms with van der Waals surface area (Å²) in [6.45, 7) is 1.79. The molecule has 0 saturated heterocycles. The zero-order valence-corrected chi connectivity index (χ0v) is 15.7. The zero-order chi connectivity index (χ0) is 18.0. The molecule has 0 fully saturated rings. The molecule has 0 saturated carbocycles. The van der Waals surface area contributed by atoms with E-state index in [1.807, 2.05) is 12.1 Å². The summed E-state index contributed by atoms with van der Waals surface area (Å²) in [6, 6.07) is 12.9. The van der Waals surface area contributed by atoms with Gasteiger partial charge in [-0.25, -0.2) is 4.39 Å². The topological polar surface area (TPSA) is 53.2 Å². The van der Waals surface area contributed by atoms with E-state index in [1.165, 1.54) is 12.1 Å². The minimum Gasteiger partial charge on any atom is -0.351 e. The van der Waals surface area contributed by atoms with Gasteiger partial charge >= 0.3 is 0 Å². The minimum atomic E-state index is -0.454. The highest BCUT2D eigenvalue weighted by Crippen LogP contribution is 2.28. The summed E-state index contributed by atoms with van der Waals surface area (Å²) in [4.78, 5) is 12.8. The Hall–Kier alpha value is -2.25. The van der Waals surface area contributed by atoms with E-state index in [4.69, 9.17) is 12.2 Å². The number of carbonyl (C=O) groups is 1. The van der Waals surface area contributed by atoms with Gasteiger partial charge in [0.2, 0.25) is 0 Å². The van der Waals surface area contributed by atoms with Crippen LogP contribution in [0.5, 0.6) is 0 Å². The first-order valence-corrected chi connectivity index (χ1v) is 8.75. The molecule has 0 aliphatic carbocycles. The van der Waals surface area contributed by atoms with Crippen molar-refractivity contribution in [1.82, 2.24) is 10.6 Å². The molecule has 2 aromatic carbocycles. The van der Waals surface area contributed by atoms with Gasteiger partial charge in [-0.05, 0) is 61.1 Å². The Morgan fingerprint density at radius 3 is 2.44 bits per heavy atom. The fourth-order valence-electron chi connectivity index (χ4n) is 2.63. The van der Waals surface area contributed by atoms with Gasteiger partial charge in [0.05, 0.1) is 11.6 Å². The molecule has 1 aliphatic heterocycles. The predicted octanol–water partition coefficient (Wildman–Crippen LogP) is 4.02. The van der Waals surface area contributed by atoms with Crippen LogP contribution < -0.4 is 16.0 Å². The van der Waals surface area contributed by atoms with Crippen LogP contribution in [0.4, 0.5) is 10.1 Å². The molecule has 0 unspecified atom stereocenters. The molecule has 1 atom stereocenters. The molecule has 3 rings (SSSR count). The Kier molecular flexibility index (Phi) is 5.15. The number of carbonyl (C=O) groups excluding carboxylic acids is 1. The molecule has 1 amide bonds. The number of anilines is 1. The zero-order valence-electron chi connectivity index (χ0n) is 13.3. The van der Waals surface area contributed by atoms with Gasteiger partial charge < -0.3 is 16.0 Å². The van der Waals surface area contributed by atoms with Crippen molar-refractivity contribution in [3.63, 3.8) is 0 Å². The Labute approximate surface area is 158 Å². The molecule has 3 N–H and O–H groups in total. The Bertz CT molecular complexity index is 850. The molecule has 0 spiro atoms. The number of thiocarbonyl (C=S) groups is 1. The number of nitrogens with one attached hydrogen (secondary N) is 3. The van der Waals surface area contributed by atoms with Crippen molar-refractivity contribution >= 4 is 44.9 Å². The van der Waals surface area contributed by atoms with Crippen LogP contribution in [0, 0.1) is 5.82 Å². The first-order valence-electron chi connectivity index (χ1n) is 7.54. The molecular formula is C18H15BrFN3OS. The highest BCUT2D eigenvalue weighted by molar-refractivity contribution is 9.10. The summed E-state index contributed by atoms with van der Waals surface area (Å²) in [5.41, 5.74) is 2.60. The molecule has 25 heavy (non-hydrogen) atoms. The quantitative estimate of drug-likeness (QED) is 0.657. The normalized spacial score (nSPS) is 16.9. The van der Waals surface area contributed by atoms with E-state index in [1.54, 1.807) is 31.2 Å². The number of rotatable bonds is 3. The number of hydrogen-bond donors (Lipinski definition) is 3. The number of benzene rings is 2. The van der Waals surface area contributed by atoms with Crippen LogP contribution in [-0.2, 0) is 4.79 Å². The molecule has 0 radical (unpaired) electrons. The monoisotopic (exact) mass is 419 g/mol. The highest BCUT2D eigenvalue weighted by Gasteiger charge is 2.29. The van der Waals surface area contributed by atoms with Crippen LogP contribution in [0.1, 0.15) is 18.5 Å². The molecule has 0 bridgehead atoms. The summed E-state index contributed by atoms with van der Waals surface area (Å²) < 4.78 is 14.2. The van der Waals surface area contributed by atoms with Gasteiger partial charge in [-0.3, -0.25) is 4.79 Å². The van der Waals surface area contributed by atoms with E-state index in [9.17, 15) is 9.18 Å². The molecular weight excluding hydrogens is 405 g/mol. The van der Waals surface area contributed by atoms with Crippen LogP contribution in [0.15, 0.2) is 64.3 Å². The molecule has 2 aromatic rings. The fourth-order valence-corrected chi connectivity index (χ4v) is 3.17. The van der Waals surface area contributed by atoms with Gasteiger partial charge in [-0.2, -0.15) is 0 Å². The summed E-state index contributed by atoms with van der Waals surface area (Å²) in [7, 11) is 0. The fraction of sp³-hybridized carbons (Fsp3) is 0.111. The van der Waals surface area contributed by atoms with E-state index in [0.717, 1.165) is 10.0 Å². The second-order valence-electron chi connectivity index (χ2n) is 5.58. The van der Waals surface area contributed by atoms with E-state index in [-0.39, 0.29) is 11.7 Å². The summed E-state index contributed by atoms with van der Waals surface area (Å²) >= 11 is 8.57. The van der Waals surface area contributed by atoms with Gasteiger partial charge in [0.25, 0.3) is 5.91 Å². The molecule has 1 heterocycles. The van der Waals surface area contributed by atoms with Gasteiger partial charge in [0.15, 0.2) is 5.11 Å². The lowest BCUT2D eigenvalue weighted by molar-refractivity contribution is -0.113. The first-order chi connectivity index (χ1) is 11.9. The van der Waals surface area contributed by atoms with E-state index in [2.05, 4.69) is 31.9 Å². The van der Waals surface area contributed by atoms with Gasteiger partial charge in [-0.1, -0.05) is 28.1 Å². The molecule has 0 aromatic heterocycles. The average molecular weight is 420 g/mol. The van der Waals surface area contributed by atoms with Gasteiger partial charge in [0, 0.05) is 15.9 Å².